The summed E-state index contributed by atoms with van der Waals surface area (Å²) in [5.74, 6) is -0.782. The number of hydrogen-bond donors (Lipinski definition) is 1. The third-order valence-corrected chi connectivity index (χ3v) is 17.4. The zero-order valence-electron chi connectivity index (χ0n) is 58.5. The van der Waals surface area contributed by atoms with Gasteiger partial charge in [-0.2, -0.15) is 0 Å². The molecule has 0 rings (SSSR count). The molecule has 0 radical (unpaired) electrons. The minimum atomic E-state index is -4.39. The van der Waals surface area contributed by atoms with Gasteiger partial charge in [0, 0.05) is 12.8 Å². The van der Waals surface area contributed by atoms with Crippen molar-refractivity contribution in [1.29, 1.82) is 0 Å². The van der Waals surface area contributed by atoms with Gasteiger partial charge in [0.1, 0.15) is 19.8 Å². The topological polar surface area (TPSA) is 108 Å². The summed E-state index contributed by atoms with van der Waals surface area (Å²) in [4.78, 5) is 35.9. The fourth-order valence-corrected chi connectivity index (χ4v) is 11.5. The third kappa shape index (κ3) is 72.3. The predicted molar refractivity (Wildman–Crippen MR) is 381 cm³/mol. The number of unbranched alkanes of at least 4 members (excludes halogenated alkanes) is 41. The van der Waals surface area contributed by atoms with Gasteiger partial charge < -0.3 is 18.9 Å². The maximum absolute atomic E-state index is 12.9. The Kier molecular flexibility index (Phi) is 66.4. The molecule has 88 heavy (non-hydrogen) atoms. The van der Waals surface area contributed by atoms with Crippen LogP contribution < -0.4 is 0 Å². The van der Waals surface area contributed by atoms with E-state index in [-0.39, 0.29) is 25.6 Å². The SMILES string of the molecule is CC/C=C\C/C=C\C/C=C\C/C=C\C/C=C\C/C=C\CCCCCCCCCCCCCCCCCCCCCCCCC(=O)OC(COC(=O)CCCCCCCCCCCCC/C=C\CCCCCCCCCC)COP(=O)(O)OCC[N+](C)(C)C. The average molecular weight is 1250 g/mol. The number of ether oxygens (including phenoxy) is 2. The molecule has 0 aromatic heterocycles. The Balaban J connectivity index is 3.93. The zero-order valence-corrected chi connectivity index (χ0v) is 59.4. The monoisotopic (exact) mass is 1250 g/mol. The molecule has 0 saturated carbocycles. The average Bonchev–Trinajstić information content (AvgIpc) is 3.58. The van der Waals surface area contributed by atoms with E-state index in [9.17, 15) is 19.0 Å². The van der Waals surface area contributed by atoms with Crippen LogP contribution in [0.1, 0.15) is 348 Å². The summed E-state index contributed by atoms with van der Waals surface area (Å²) in [6.07, 6.45) is 94.2. The van der Waals surface area contributed by atoms with Gasteiger partial charge in [0.2, 0.25) is 0 Å². The number of allylic oxidation sites excluding steroid dienone is 14. The second-order valence-corrected chi connectivity index (χ2v) is 27.8. The number of quaternary nitrogens is 1. The van der Waals surface area contributed by atoms with E-state index in [1.165, 1.54) is 244 Å². The molecule has 9 nitrogen and oxygen atoms in total. The van der Waals surface area contributed by atoms with Crippen molar-refractivity contribution in [2.24, 2.45) is 0 Å². The Labute approximate surface area is 545 Å². The smallest absolute Gasteiger partial charge is 0.462 e. The molecule has 0 aromatic carbocycles. The summed E-state index contributed by atoms with van der Waals surface area (Å²) in [6.45, 7) is 4.37. The van der Waals surface area contributed by atoms with Crippen LogP contribution >= 0.6 is 7.82 Å². The van der Waals surface area contributed by atoms with Crippen LogP contribution in [0.25, 0.3) is 0 Å². The predicted octanol–water partition coefficient (Wildman–Crippen LogP) is 24.5. The van der Waals surface area contributed by atoms with Crippen LogP contribution in [0.3, 0.4) is 0 Å². The van der Waals surface area contributed by atoms with Gasteiger partial charge in [-0.15, -0.1) is 0 Å². The highest BCUT2D eigenvalue weighted by Gasteiger charge is 2.27. The Bertz CT molecular complexity index is 1760. The second-order valence-electron chi connectivity index (χ2n) is 26.3. The number of likely N-dealkylation sites (N-methyl/N-ethyl adjacent to an activating group) is 1. The van der Waals surface area contributed by atoms with Crippen molar-refractivity contribution < 1.29 is 42.1 Å². The van der Waals surface area contributed by atoms with E-state index in [1.54, 1.807) is 0 Å². The molecule has 0 aliphatic heterocycles. The number of carbonyl (C=O) groups is 2. The number of carbonyl (C=O) groups excluding carboxylic acids is 2. The number of esters is 2. The van der Waals surface area contributed by atoms with Crippen LogP contribution in [-0.2, 0) is 32.7 Å². The van der Waals surface area contributed by atoms with Gasteiger partial charge in [-0.1, -0.05) is 330 Å². The molecule has 0 amide bonds. The first-order valence-corrected chi connectivity index (χ1v) is 38.8. The van der Waals surface area contributed by atoms with E-state index in [2.05, 4.69) is 98.9 Å². The molecule has 1 N–H and O–H groups in total. The second kappa shape index (κ2) is 68.6. The maximum atomic E-state index is 12.9. The Hall–Kier alpha value is -2.81. The van der Waals surface area contributed by atoms with Crippen LogP contribution in [0.15, 0.2) is 85.1 Å². The summed E-state index contributed by atoms with van der Waals surface area (Å²) < 4.78 is 34.8. The van der Waals surface area contributed by atoms with Crippen molar-refractivity contribution in [3.05, 3.63) is 85.1 Å². The molecule has 2 atom stereocenters. The quantitative estimate of drug-likeness (QED) is 0.0211. The van der Waals surface area contributed by atoms with Gasteiger partial charge >= 0.3 is 19.8 Å². The first kappa shape index (κ1) is 85.2. The third-order valence-electron chi connectivity index (χ3n) is 16.4. The fraction of sp³-hybridized carbons (Fsp3) is 0.795. The highest BCUT2D eigenvalue weighted by atomic mass is 31.2. The van der Waals surface area contributed by atoms with Crippen LogP contribution in [-0.4, -0.2) is 74.9 Å². The number of hydrogen-bond acceptors (Lipinski definition) is 7. The first-order chi connectivity index (χ1) is 43.0. The highest BCUT2D eigenvalue weighted by molar-refractivity contribution is 7.47. The van der Waals surface area contributed by atoms with E-state index in [1.807, 2.05) is 21.1 Å². The largest absolute Gasteiger partial charge is 0.472 e. The van der Waals surface area contributed by atoms with Gasteiger partial charge in [-0.05, 0) is 89.9 Å². The Morgan fingerprint density at radius 2 is 0.648 bits per heavy atom. The molecule has 0 saturated heterocycles. The lowest BCUT2D eigenvalue weighted by Gasteiger charge is -2.24. The highest BCUT2D eigenvalue weighted by Crippen LogP contribution is 2.43. The lowest BCUT2D eigenvalue weighted by molar-refractivity contribution is -0.870. The Morgan fingerprint density at radius 1 is 0.364 bits per heavy atom. The summed E-state index contributed by atoms with van der Waals surface area (Å²) in [5.41, 5.74) is 0. The van der Waals surface area contributed by atoms with Crippen LogP contribution in [0, 0.1) is 0 Å². The van der Waals surface area contributed by atoms with E-state index >= 15 is 0 Å². The zero-order chi connectivity index (χ0) is 64.1. The standard InChI is InChI=1S/C78H142NO8P/c1-6-8-10-12-14-16-18-20-22-24-26-28-30-31-32-33-34-35-36-37-38-39-40-41-42-43-44-45-46-47-49-51-53-55-57-59-61-63-65-67-69-71-78(81)87-76(75-86-88(82,83)85-73-72-79(3,4)5)74-84-77(80)70-68-66-64-62-60-58-56-54-52-50-48-29-27-25-23-21-19-17-15-13-11-9-7-2/h8,10,14,16,20,22,25-28,31-32,34-35,76H,6-7,9,11-13,15,17-19,21,23-24,29-30,33,36-75H2,1-5H3/p+1/b10-8-,16-14-,22-20-,27-25-,28-26-,32-31-,35-34-. The molecule has 0 aromatic rings. The van der Waals surface area contributed by atoms with Gasteiger partial charge in [-0.25, -0.2) is 4.57 Å². The van der Waals surface area contributed by atoms with Crippen molar-refractivity contribution in [3.63, 3.8) is 0 Å². The van der Waals surface area contributed by atoms with Crippen molar-refractivity contribution in [2.45, 2.75) is 354 Å². The van der Waals surface area contributed by atoms with E-state index in [0.29, 0.717) is 23.9 Å². The molecule has 512 valence electrons. The van der Waals surface area contributed by atoms with E-state index in [4.69, 9.17) is 18.5 Å². The molecular weight excluding hydrogens is 1110 g/mol. The minimum Gasteiger partial charge on any atom is -0.462 e. The van der Waals surface area contributed by atoms with Gasteiger partial charge in [0.05, 0.1) is 27.7 Å². The van der Waals surface area contributed by atoms with Crippen LogP contribution in [0.4, 0.5) is 0 Å². The molecular formula is C78H143NO8P+. The Morgan fingerprint density at radius 3 is 0.977 bits per heavy atom. The molecule has 10 heteroatoms. The summed E-state index contributed by atoms with van der Waals surface area (Å²) >= 11 is 0. The van der Waals surface area contributed by atoms with E-state index in [0.717, 1.165) is 70.6 Å². The molecule has 0 spiro atoms. The summed E-state index contributed by atoms with van der Waals surface area (Å²) in [5, 5.41) is 0. The number of rotatable bonds is 69. The first-order valence-electron chi connectivity index (χ1n) is 37.3. The van der Waals surface area contributed by atoms with Crippen molar-refractivity contribution >= 4 is 19.8 Å². The number of nitrogens with zero attached hydrogens (tertiary/aromatic N) is 1. The lowest BCUT2D eigenvalue weighted by atomic mass is 10.0. The molecule has 0 aliphatic carbocycles. The normalized spacial score (nSPS) is 13.6. The number of phosphoric acid groups is 1. The van der Waals surface area contributed by atoms with Gasteiger partial charge in [-0.3, -0.25) is 18.6 Å². The summed E-state index contributed by atoms with van der Waals surface area (Å²) in [6, 6.07) is 0. The van der Waals surface area contributed by atoms with E-state index < -0.39 is 26.5 Å². The molecule has 0 fully saturated rings. The van der Waals surface area contributed by atoms with Gasteiger partial charge in [0.25, 0.3) is 0 Å². The number of phosphoric ester groups is 1. The molecule has 2 unspecified atom stereocenters. The van der Waals surface area contributed by atoms with Crippen molar-refractivity contribution in [2.75, 3.05) is 47.5 Å². The van der Waals surface area contributed by atoms with Crippen molar-refractivity contribution in [1.82, 2.24) is 0 Å². The lowest BCUT2D eigenvalue weighted by Crippen LogP contribution is -2.37. The maximum Gasteiger partial charge on any atom is 0.472 e. The summed E-state index contributed by atoms with van der Waals surface area (Å²) in [7, 11) is 1.49. The molecule has 0 bridgehead atoms. The minimum absolute atomic E-state index is 0.0322. The molecule has 0 aliphatic rings. The van der Waals surface area contributed by atoms with Crippen molar-refractivity contribution in [3.8, 4) is 0 Å². The fourth-order valence-electron chi connectivity index (χ4n) is 10.7. The molecule has 0 heterocycles. The van der Waals surface area contributed by atoms with Crippen LogP contribution in [0.2, 0.25) is 0 Å². The van der Waals surface area contributed by atoms with Gasteiger partial charge in [0.15, 0.2) is 6.10 Å². The van der Waals surface area contributed by atoms with Crippen LogP contribution in [0.5, 0.6) is 0 Å².